The molecule has 4 unspecified atom stereocenters. The fraction of sp³-hybridized carbons (Fsp3) is 0.750. The van der Waals surface area contributed by atoms with Gasteiger partial charge < -0.3 is 44.7 Å². The Balaban J connectivity index is 1.41. The number of epoxide rings is 1. The molecule has 0 aliphatic carbocycles. The monoisotopic (exact) mass is 1020 g/mol. The van der Waals surface area contributed by atoms with E-state index in [4.69, 9.17) is 33.7 Å². The first-order valence-corrected chi connectivity index (χ1v) is 28.1. The van der Waals surface area contributed by atoms with Crippen LogP contribution in [0.15, 0.2) is 53.5 Å². The number of rotatable bonds is 40. The van der Waals surface area contributed by atoms with E-state index < -0.39 is 83.7 Å². The number of nitrogens with two attached hydrogens (primary N) is 1. The number of hydrogen-bond acceptors (Lipinski definition) is 16. The highest BCUT2D eigenvalue weighted by Gasteiger charge is 2.46. The molecule has 0 aromatic carbocycles. The zero-order valence-corrected chi connectivity index (χ0v) is 42.6. The van der Waals surface area contributed by atoms with Gasteiger partial charge in [0, 0.05) is 19.0 Å². The zero-order chi connectivity index (χ0) is 50.3. The van der Waals surface area contributed by atoms with Crippen molar-refractivity contribution in [2.45, 2.75) is 211 Å². The average Bonchev–Trinajstić information content (AvgIpc) is 3.99. The molecule has 19 nitrogen and oxygen atoms in total. The summed E-state index contributed by atoms with van der Waals surface area (Å²) in [4.78, 5) is 61.9. The van der Waals surface area contributed by atoms with Crippen LogP contribution in [0.2, 0.25) is 0 Å². The second kappa shape index (κ2) is 34.3. The number of phosphoric ester groups is 2. The maximum atomic E-state index is 12.8. The molecule has 69 heavy (non-hydrogen) atoms. The predicted octanol–water partition coefficient (Wildman–Crippen LogP) is 8.99. The molecule has 0 amide bonds. The number of nitrogens with zero attached hydrogens (tertiary/aromatic N) is 2. The van der Waals surface area contributed by atoms with Crippen molar-refractivity contribution in [3.63, 3.8) is 0 Å². The number of carbonyl (C=O) groups is 2. The van der Waals surface area contributed by atoms with Crippen molar-refractivity contribution in [1.82, 2.24) is 9.55 Å². The number of hydrogen-bond donors (Lipinski definition) is 5. The third-order valence-corrected chi connectivity index (χ3v) is 14.3. The molecule has 2 fully saturated rings. The lowest BCUT2D eigenvalue weighted by Gasteiger charge is -2.21. The molecule has 0 bridgehead atoms. The molecule has 21 heteroatoms. The third kappa shape index (κ3) is 26.8. The number of carbonyl (C=O) groups excluding carboxylic acids is 2. The highest BCUT2D eigenvalue weighted by atomic mass is 31.3. The maximum absolute atomic E-state index is 12.8. The largest absolute Gasteiger partial charge is 0.481 e. The van der Waals surface area contributed by atoms with Crippen molar-refractivity contribution in [3.8, 4) is 0 Å². The molecule has 3 rings (SSSR count). The molecule has 3 heterocycles. The van der Waals surface area contributed by atoms with Crippen molar-refractivity contribution in [3.05, 3.63) is 59.2 Å². The number of phosphoric acid groups is 2. The van der Waals surface area contributed by atoms with Gasteiger partial charge in [-0.2, -0.15) is 9.29 Å². The molecule has 9 atom stereocenters. The second-order valence-corrected chi connectivity index (χ2v) is 20.8. The molecule has 2 saturated heterocycles. The summed E-state index contributed by atoms with van der Waals surface area (Å²) in [6.07, 6.45) is 29.6. The smallest absolute Gasteiger partial charge is 0.462 e. The Kier molecular flexibility index (Phi) is 30.0. The fourth-order valence-electron chi connectivity index (χ4n) is 7.60. The van der Waals surface area contributed by atoms with Crippen LogP contribution < -0.4 is 11.4 Å². The Morgan fingerprint density at radius 2 is 1.30 bits per heavy atom. The van der Waals surface area contributed by atoms with Crippen molar-refractivity contribution >= 4 is 33.4 Å². The number of nitrogen functional groups attached to an aromatic ring is 1. The first-order chi connectivity index (χ1) is 33.1. The van der Waals surface area contributed by atoms with Gasteiger partial charge in [0.05, 0.1) is 25.4 Å². The van der Waals surface area contributed by atoms with Gasteiger partial charge in [-0.1, -0.05) is 127 Å². The van der Waals surface area contributed by atoms with E-state index in [1.807, 2.05) is 0 Å². The Bertz CT molecular complexity index is 1860. The summed E-state index contributed by atoms with van der Waals surface area (Å²) in [5.41, 5.74) is 4.58. The maximum Gasteiger partial charge on any atom is 0.481 e. The Morgan fingerprint density at radius 3 is 1.96 bits per heavy atom. The number of esters is 2. The van der Waals surface area contributed by atoms with Crippen LogP contribution in [0.1, 0.15) is 174 Å². The summed E-state index contributed by atoms with van der Waals surface area (Å²) in [7, 11) is -10.9. The van der Waals surface area contributed by atoms with E-state index in [-0.39, 0.29) is 18.7 Å². The third-order valence-electron chi connectivity index (χ3n) is 11.6. The summed E-state index contributed by atoms with van der Waals surface area (Å²) in [5.74, 6) is -1.34. The van der Waals surface area contributed by atoms with Gasteiger partial charge in [-0.25, -0.2) is 13.9 Å². The van der Waals surface area contributed by atoms with Crippen molar-refractivity contribution < 1.29 is 71.0 Å². The minimum Gasteiger partial charge on any atom is -0.462 e. The van der Waals surface area contributed by atoms with Gasteiger partial charge in [-0.3, -0.25) is 23.2 Å². The number of allylic oxidation sites excluding steroid dienone is 5. The normalized spacial score (nSPS) is 22.6. The molecule has 0 spiro atoms. The number of unbranched alkanes of at least 4 members (excludes halogenated alkanes) is 16. The molecular weight excluding hydrogens is 936 g/mol. The van der Waals surface area contributed by atoms with Gasteiger partial charge in [0.15, 0.2) is 12.3 Å². The first-order valence-electron chi connectivity index (χ1n) is 25.1. The molecule has 1 aromatic heterocycles. The Morgan fingerprint density at radius 1 is 0.725 bits per heavy atom. The molecule has 2 aliphatic rings. The zero-order valence-electron chi connectivity index (χ0n) is 40.8. The minimum absolute atomic E-state index is 0.0266. The highest BCUT2D eigenvalue weighted by Crippen LogP contribution is 2.60. The van der Waals surface area contributed by atoms with Gasteiger partial charge in [0.2, 0.25) is 0 Å². The summed E-state index contributed by atoms with van der Waals surface area (Å²) >= 11 is 0. The number of aliphatic hydroxyl groups excluding tert-OH is 2. The Hall–Kier alpha value is -3.06. The van der Waals surface area contributed by atoms with Crippen LogP contribution in [-0.4, -0.2) is 97.9 Å². The lowest BCUT2D eigenvalue weighted by molar-refractivity contribution is -0.161. The van der Waals surface area contributed by atoms with Crippen LogP contribution in [0.5, 0.6) is 0 Å². The topological polar surface area (TPSA) is 278 Å². The number of aliphatic hydroxyl groups is 2. The molecule has 1 aromatic rings. The van der Waals surface area contributed by atoms with E-state index in [1.165, 1.54) is 51.0 Å². The first kappa shape index (κ1) is 60.2. The van der Waals surface area contributed by atoms with Gasteiger partial charge >= 0.3 is 33.3 Å². The van der Waals surface area contributed by atoms with E-state index >= 15 is 0 Å². The summed E-state index contributed by atoms with van der Waals surface area (Å²) in [5, 5.41) is 20.9. The van der Waals surface area contributed by atoms with Crippen LogP contribution in [0.3, 0.4) is 0 Å². The number of aromatic nitrogens is 2. The minimum atomic E-state index is -5.43. The lowest BCUT2D eigenvalue weighted by atomic mass is 10.1. The van der Waals surface area contributed by atoms with Gasteiger partial charge in [-0.05, 0) is 70.3 Å². The van der Waals surface area contributed by atoms with Crippen LogP contribution in [0.25, 0.3) is 0 Å². The van der Waals surface area contributed by atoms with Crippen molar-refractivity contribution in [2.24, 2.45) is 0 Å². The molecule has 394 valence electrons. The molecule has 0 radical (unpaired) electrons. The van der Waals surface area contributed by atoms with Gasteiger partial charge in [0.1, 0.15) is 30.7 Å². The molecule has 2 aliphatic heterocycles. The molecular formula is C48H81N3O16P2. The standard InChI is InChI=1S/C48H81N3O16P2/c1-3-5-7-8-9-10-11-12-13-14-15-16-21-24-28-32-44(53)64-38(35-61-43(52)31-27-23-20-18-17-19-22-26-30-40-39(65-40)29-25-6-4-2)36-62-68(57,58)67-69(59,60)63-37-41-45(54)46(55)47(66-41)51-34-33-42(49)50-48(51)56/h10-13,22,26,33-34,38-41,45-47,54-55H,3-9,14-21,23-25,27-32,35-37H2,1-2H3,(H,57,58)(H,59,60)(H2,49,50,56)/b11-10-,13-12-,26-22-/t38-,39?,40?,41-,45-,46-,47-/m1/s1. The van der Waals surface area contributed by atoms with E-state index in [9.17, 15) is 43.5 Å². The average molecular weight is 1020 g/mol. The van der Waals surface area contributed by atoms with E-state index in [1.54, 1.807) is 0 Å². The van der Waals surface area contributed by atoms with Crippen LogP contribution in [-0.2, 0) is 51.0 Å². The van der Waals surface area contributed by atoms with Crippen LogP contribution in [0.4, 0.5) is 5.82 Å². The van der Waals surface area contributed by atoms with Gasteiger partial charge in [-0.15, -0.1) is 0 Å². The molecule has 0 saturated carbocycles. The second-order valence-electron chi connectivity index (χ2n) is 17.7. The Labute approximate surface area is 408 Å². The summed E-state index contributed by atoms with van der Waals surface area (Å²) < 4.78 is 62.5. The van der Waals surface area contributed by atoms with E-state index in [0.29, 0.717) is 25.0 Å². The predicted molar refractivity (Wildman–Crippen MR) is 261 cm³/mol. The summed E-state index contributed by atoms with van der Waals surface area (Å²) in [6.45, 7) is 2.07. The lowest BCUT2D eigenvalue weighted by Crippen LogP contribution is -2.36. The van der Waals surface area contributed by atoms with Gasteiger partial charge in [0.25, 0.3) is 0 Å². The number of anilines is 1. The number of ether oxygens (including phenoxy) is 4. The van der Waals surface area contributed by atoms with E-state index in [2.05, 4.69) is 59.6 Å². The SMILES string of the molecule is CCCCCC/C=C\C=C/CCCCCCCC(=O)O[C@H](COC(=O)CCCCCCC/C=C\CC1OC1CCCCC)COP(=O)(O)OP(=O)(O)OC[C@H]1O[C@@H](n2ccc(N)nc2=O)[C@H](O)[C@@H]1O. The molecule has 6 N–H and O–H groups in total. The highest BCUT2D eigenvalue weighted by molar-refractivity contribution is 7.61. The van der Waals surface area contributed by atoms with Crippen LogP contribution in [0, 0.1) is 0 Å². The fourth-order valence-corrected chi connectivity index (χ4v) is 9.71. The van der Waals surface area contributed by atoms with Crippen molar-refractivity contribution in [2.75, 3.05) is 25.6 Å². The van der Waals surface area contributed by atoms with Crippen molar-refractivity contribution in [1.29, 1.82) is 0 Å². The van der Waals surface area contributed by atoms with E-state index in [0.717, 1.165) is 94.2 Å². The quantitative estimate of drug-likeness (QED) is 0.0102. The van der Waals surface area contributed by atoms with Crippen LogP contribution >= 0.6 is 15.6 Å². The summed E-state index contributed by atoms with van der Waals surface area (Å²) in [6, 6.07) is 1.25.